The summed E-state index contributed by atoms with van der Waals surface area (Å²) in [6.07, 6.45) is 7.08. The molecule has 0 bridgehead atoms. The van der Waals surface area contributed by atoms with Gasteiger partial charge in [0.05, 0.1) is 7.11 Å². The van der Waals surface area contributed by atoms with E-state index in [2.05, 4.69) is 30.0 Å². The van der Waals surface area contributed by atoms with Crippen molar-refractivity contribution in [2.75, 3.05) is 7.11 Å². The standard InChI is InChI=1S/C14H20OS/c1-15-14-10-6-5-7-12(14)11-16-13-8-3-2-4-9-13/h5-7,10,13H,2-4,8-9,11H2,1H3. The lowest BCUT2D eigenvalue weighted by molar-refractivity contribution is 0.411. The van der Waals surface area contributed by atoms with Crippen molar-refractivity contribution in [3.05, 3.63) is 29.8 Å². The fraction of sp³-hybridized carbons (Fsp3) is 0.571. The van der Waals surface area contributed by atoms with Crippen LogP contribution in [0.15, 0.2) is 24.3 Å². The van der Waals surface area contributed by atoms with E-state index >= 15 is 0 Å². The summed E-state index contributed by atoms with van der Waals surface area (Å²) in [6.45, 7) is 0. The normalized spacial score (nSPS) is 17.3. The summed E-state index contributed by atoms with van der Waals surface area (Å²) < 4.78 is 5.37. The largest absolute Gasteiger partial charge is 0.496 e. The molecule has 0 spiro atoms. The Bertz CT molecular complexity index is 318. The fourth-order valence-corrected chi connectivity index (χ4v) is 3.58. The van der Waals surface area contributed by atoms with Crippen molar-refractivity contribution >= 4 is 11.8 Å². The third-order valence-electron chi connectivity index (χ3n) is 3.22. The highest BCUT2D eigenvalue weighted by Crippen LogP contribution is 2.32. The molecule has 2 heteroatoms. The van der Waals surface area contributed by atoms with Crippen LogP contribution < -0.4 is 4.74 Å². The zero-order valence-electron chi connectivity index (χ0n) is 9.95. The molecule has 1 aliphatic rings. The van der Waals surface area contributed by atoms with Crippen molar-refractivity contribution in [3.63, 3.8) is 0 Å². The van der Waals surface area contributed by atoms with Crippen molar-refractivity contribution in [1.82, 2.24) is 0 Å². The third-order valence-corrected chi connectivity index (χ3v) is 4.64. The first-order valence-electron chi connectivity index (χ1n) is 6.13. The first kappa shape index (κ1) is 11.8. The summed E-state index contributed by atoms with van der Waals surface area (Å²) in [7, 11) is 1.75. The molecule has 0 saturated heterocycles. The van der Waals surface area contributed by atoms with Gasteiger partial charge in [-0.15, -0.1) is 0 Å². The number of benzene rings is 1. The number of ether oxygens (including phenoxy) is 1. The Labute approximate surface area is 103 Å². The highest BCUT2D eigenvalue weighted by Gasteiger charge is 2.14. The molecule has 1 fully saturated rings. The second-order valence-corrected chi connectivity index (χ2v) is 5.67. The maximum atomic E-state index is 5.37. The van der Waals surface area contributed by atoms with Crippen molar-refractivity contribution in [3.8, 4) is 5.75 Å². The molecule has 0 heterocycles. The van der Waals surface area contributed by atoms with Crippen LogP contribution in [-0.2, 0) is 5.75 Å². The van der Waals surface area contributed by atoms with Gasteiger partial charge in [0, 0.05) is 16.6 Å². The average molecular weight is 236 g/mol. The minimum Gasteiger partial charge on any atom is -0.496 e. The predicted octanol–water partition coefficient (Wildman–Crippen LogP) is 4.26. The third kappa shape index (κ3) is 3.18. The molecule has 16 heavy (non-hydrogen) atoms. The van der Waals surface area contributed by atoms with Gasteiger partial charge in [-0.1, -0.05) is 37.5 Å². The Balaban J connectivity index is 1.88. The Morgan fingerprint density at radius 3 is 2.69 bits per heavy atom. The average Bonchev–Trinajstić information content (AvgIpc) is 2.38. The molecule has 0 unspecified atom stereocenters. The summed E-state index contributed by atoms with van der Waals surface area (Å²) in [4.78, 5) is 0. The highest BCUT2D eigenvalue weighted by molar-refractivity contribution is 7.99. The van der Waals surface area contributed by atoms with E-state index < -0.39 is 0 Å². The monoisotopic (exact) mass is 236 g/mol. The molecule has 1 aromatic carbocycles. The van der Waals surface area contributed by atoms with Gasteiger partial charge in [-0.2, -0.15) is 11.8 Å². The lowest BCUT2D eigenvalue weighted by atomic mass is 10.0. The number of hydrogen-bond acceptors (Lipinski definition) is 2. The summed E-state index contributed by atoms with van der Waals surface area (Å²) in [5.41, 5.74) is 1.33. The predicted molar refractivity (Wildman–Crippen MR) is 71.2 cm³/mol. The van der Waals surface area contributed by atoms with Crippen LogP contribution in [0.3, 0.4) is 0 Å². The Morgan fingerprint density at radius 1 is 1.19 bits per heavy atom. The molecule has 0 aliphatic heterocycles. The van der Waals surface area contributed by atoms with Gasteiger partial charge in [-0.3, -0.25) is 0 Å². The van der Waals surface area contributed by atoms with Crippen LogP contribution in [0, 0.1) is 0 Å². The SMILES string of the molecule is COc1ccccc1CSC1CCCCC1. The number of methoxy groups -OCH3 is 1. The molecule has 88 valence electrons. The van der Waals surface area contributed by atoms with E-state index in [-0.39, 0.29) is 0 Å². The molecular formula is C14H20OS. The van der Waals surface area contributed by atoms with E-state index in [0.717, 1.165) is 16.8 Å². The van der Waals surface area contributed by atoms with Gasteiger partial charge in [0.15, 0.2) is 0 Å². The summed E-state index contributed by atoms with van der Waals surface area (Å²) in [5, 5.41) is 0.874. The molecule has 1 aliphatic carbocycles. The van der Waals surface area contributed by atoms with Crippen LogP contribution in [0.25, 0.3) is 0 Å². The van der Waals surface area contributed by atoms with Crippen molar-refractivity contribution in [1.29, 1.82) is 0 Å². The van der Waals surface area contributed by atoms with E-state index in [1.807, 2.05) is 6.07 Å². The van der Waals surface area contributed by atoms with Gasteiger partial charge in [0.2, 0.25) is 0 Å². The Kier molecular flexibility index (Phi) is 4.58. The van der Waals surface area contributed by atoms with E-state index in [1.54, 1.807) is 7.11 Å². The van der Waals surface area contributed by atoms with Crippen molar-refractivity contribution < 1.29 is 4.74 Å². The van der Waals surface area contributed by atoms with E-state index in [1.165, 1.54) is 37.7 Å². The minimum atomic E-state index is 0.874. The molecule has 1 aromatic rings. The van der Waals surface area contributed by atoms with Crippen LogP contribution in [0.5, 0.6) is 5.75 Å². The fourth-order valence-electron chi connectivity index (χ4n) is 2.26. The molecule has 0 atom stereocenters. The highest BCUT2D eigenvalue weighted by atomic mass is 32.2. The molecule has 0 aromatic heterocycles. The lowest BCUT2D eigenvalue weighted by Crippen LogP contribution is -2.08. The van der Waals surface area contributed by atoms with Gasteiger partial charge in [0.1, 0.15) is 5.75 Å². The summed E-state index contributed by atoms with van der Waals surface area (Å²) >= 11 is 2.10. The van der Waals surface area contributed by atoms with Crippen LogP contribution in [0.4, 0.5) is 0 Å². The van der Waals surface area contributed by atoms with Crippen LogP contribution >= 0.6 is 11.8 Å². The van der Waals surface area contributed by atoms with Gasteiger partial charge in [0.25, 0.3) is 0 Å². The van der Waals surface area contributed by atoms with E-state index in [9.17, 15) is 0 Å². The number of thioether (sulfide) groups is 1. The van der Waals surface area contributed by atoms with E-state index in [4.69, 9.17) is 4.74 Å². The maximum Gasteiger partial charge on any atom is 0.122 e. The minimum absolute atomic E-state index is 0.874. The van der Waals surface area contributed by atoms with Gasteiger partial charge < -0.3 is 4.74 Å². The topological polar surface area (TPSA) is 9.23 Å². The Morgan fingerprint density at radius 2 is 1.94 bits per heavy atom. The second kappa shape index (κ2) is 6.19. The quantitative estimate of drug-likeness (QED) is 0.772. The second-order valence-electron chi connectivity index (χ2n) is 4.38. The zero-order chi connectivity index (χ0) is 11.2. The molecule has 2 rings (SSSR count). The zero-order valence-corrected chi connectivity index (χ0v) is 10.8. The van der Waals surface area contributed by atoms with Gasteiger partial charge in [-0.05, 0) is 18.9 Å². The molecule has 1 nitrogen and oxygen atoms in total. The van der Waals surface area contributed by atoms with Crippen LogP contribution in [0.2, 0.25) is 0 Å². The number of hydrogen-bond donors (Lipinski definition) is 0. The molecular weight excluding hydrogens is 216 g/mol. The molecule has 0 radical (unpaired) electrons. The molecule has 1 saturated carbocycles. The van der Waals surface area contributed by atoms with Gasteiger partial charge in [-0.25, -0.2) is 0 Å². The van der Waals surface area contributed by atoms with Crippen LogP contribution in [-0.4, -0.2) is 12.4 Å². The van der Waals surface area contributed by atoms with Crippen molar-refractivity contribution in [2.45, 2.75) is 43.1 Å². The molecule has 0 N–H and O–H groups in total. The van der Waals surface area contributed by atoms with Gasteiger partial charge >= 0.3 is 0 Å². The summed E-state index contributed by atoms with van der Waals surface area (Å²) in [6, 6.07) is 8.36. The first-order valence-corrected chi connectivity index (χ1v) is 7.18. The number of rotatable bonds is 4. The lowest BCUT2D eigenvalue weighted by Gasteiger charge is -2.21. The number of para-hydroxylation sites is 1. The van der Waals surface area contributed by atoms with Crippen LogP contribution in [0.1, 0.15) is 37.7 Å². The first-order chi connectivity index (χ1) is 7.90. The van der Waals surface area contributed by atoms with Crippen molar-refractivity contribution in [2.24, 2.45) is 0 Å². The molecule has 0 amide bonds. The maximum absolute atomic E-state index is 5.37. The smallest absolute Gasteiger partial charge is 0.122 e. The summed E-state index contributed by atoms with van der Waals surface area (Å²) in [5.74, 6) is 2.13. The Hall–Kier alpha value is -0.630. The van der Waals surface area contributed by atoms with E-state index in [0.29, 0.717) is 0 Å².